The molecular formula is C23H20F3N3O2. The van der Waals surface area contributed by atoms with E-state index in [1.165, 1.54) is 11.0 Å². The maximum atomic E-state index is 14.1. The van der Waals surface area contributed by atoms with E-state index in [2.05, 4.69) is 9.97 Å². The molecule has 1 amide bonds. The second-order valence-electron chi connectivity index (χ2n) is 7.77. The van der Waals surface area contributed by atoms with Crippen LogP contribution < -0.4 is 0 Å². The molecule has 1 fully saturated rings. The molecule has 1 aliphatic heterocycles. The Bertz CT molecular complexity index is 1200. The average Bonchev–Trinajstić information content (AvgIpc) is 2.75. The summed E-state index contributed by atoms with van der Waals surface area (Å²) in [6.45, 7) is 4.00. The molecule has 0 atom stereocenters. The highest BCUT2D eigenvalue weighted by molar-refractivity contribution is 6.05. The van der Waals surface area contributed by atoms with Gasteiger partial charge in [-0.2, -0.15) is 0 Å². The van der Waals surface area contributed by atoms with E-state index < -0.39 is 35.1 Å². The van der Waals surface area contributed by atoms with Crippen LogP contribution in [0, 0.1) is 37.2 Å². The number of piperidine rings is 1. The summed E-state index contributed by atoms with van der Waals surface area (Å²) in [7, 11) is 0. The molecule has 3 aromatic rings. The molecule has 0 aliphatic carbocycles. The minimum atomic E-state index is -0.764. The minimum Gasteiger partial charge on any atom is -0.339 e. The maximum absolute atomic E-state index is 14.1. The molecule has 5 nitrogen and oxygen atoms in total. The fraction of sp³-hybridized carbons (Fsp3) is 0.304. The summed E-state index contributed by atoms with van der Waals surface area (Å²) in [5.41, 5.74) is 1.77. The van der Waals surface area contributed by atoms with Crippen LogP contribution in [0.5, 0.6) is 0 Å². The summed E-state index contributed by atoms with van der Waals surface area (Å²) >= 11 is 0. The quantitative estimate of drug-likeness (QED) is 0.582. The SMILES string of the molecule is Cc1nc2cc(F)cc(C(=O)N3CCC(C(=O)c4cc(F)ccc4F)CC3)c2nc1C. The van der Waals surface area contributed by atoms with Gasteiger partial charge in [-0.1, -0.05) is 0 Å². The van der Waals surface area contributed by atoms with Crippen LogP contribution in [-0.4, -0.2) is 39.6 Å². The highest BCUT2D eigenvalue weighted by atomic mass is 19.1. The van der Waals surface area contributed by atoms with Crippen molar-refractivity contribution in [1.82, 2.24) is 14.9 Å². The van der Waals surface area contributed by atoms with Crippen LogP contribution in [0.4, 0.5) is 13.2 Å². The van der Waals surface area contributed by atoms with Gasteiger partial charge in [-0.3, -0.25) is 9.59 Å². The first kappa shape index (κ1) is 21.0. The summed E-state index contributed by atoms with van der Waals surface area (Å²) < 4.78 is 41.5. The number of amides is 1. The zero-order valence-electron chi connectivity index (χ0n) is 17.1. The number of benzene rings is 2. The molecule has 0 radical (unpaired) electrons. The molecular weight excluding hydrogens is 407 g/mol. The number of ketones is 1. The molecule has 2 heterocycles. The van der Waals surface area contributed by atoms with E-state index in [0.717, 1.165) is 24.3 Å². The van der Waals surface area contributed by atoms with E-state index >= 15 is 0 Å². The van der Waals surface area contributed by atoms with Crippen LogP contribution >= 0.6 is 0 Å². The molecule has 31 heavy (non-hydrogen) atoms. The van der Waals surface area contributed by atoms with Crippen molar-refractivity contribution in [3.05, 3.63) is 70.3 Å². The van der Waals surface area contributed by atoms with Gasteiger partial charge in [-0.15, -0.1) is 0 Å². The molecule has 4 rings (SSSR count). The van der Waals surface area contributed by atoms with Crippen LogP contribution in [0.2, 0.25) is 0 Å². The van der Waals surface area contributed by atoms with Gasteiger partial charge in [0.25, 0.3) is 5.91 Å². The number of carbonyl (C=O) groups excluding carboxylic acids is 2. The molecule has 1 saturated heterocycles. The lowest BCUT2D eigenvalue weighted by Gasteiger charge is -2.31. The van der Waals surface area contributed by atoms with Crippen LogP contribution in [0.25, 0.3) is 11.0 Å². The van der Waals surface area contributed by atoms with Gasteiger partial charge in [0.05, 0.1) is 28.0 Å². The van der Waals surface area contributed by atoms with E-state index in [4.69, 9.17) is 0 Å². The first-order valence-corrected chi connectivity index (χ1v) is 9.97. The van der Waals surface area contributed by atoms with Crippen molar-refractivity contribution in [3.8, 4) is 0 Å². The third-order valence-electron chi connectivity index (χ3n) is 5.72. The third kappa shape index (κ3) is 4.02. The third-order valence-corrected chi connectivity index (χ3v) is 5.72. The van der Waals surface area contributed by atoms with Gasteiger partial charge in [-0.05, 0) is 51.0 Å². The number of hydrogen-bond donors (Lipinski definition) is 0. The first-order chi connectivity index (χ1) is 14.7. The molecule has 0 unspecified atom stereocenters. The number of fused-ring (bicyclic) bond motifs is 1. The van der Waals surface area contributed by atoms with Gasteiger partial charge in [0.15, 0.2) is 5.78 Å². The Morgan fingerprint density at radius 2 is 1.55 bits per heavy atom. The average molecular weight is 427 g/mol. The van der Waals surface area contributed by atoms with Gasteiger partial charge < -0.3 is 4.90 Å². The number of Topliss-reactive ketones (excluding diaryl/α,β-unsaturated/α-hetero) is 1. The Labute approximate surface area is 176 Å². The van der Waals surface area contributed by atoms with Crippen LogP contribution in [-0.2, 0) is 0 Å². The lowest BCUT2D eigenvalue weighted by molar-refractivity contribution is 0.0650. The molecule has 8 heteroatoms. The van der Waals surface area contributed by atoms with Crippen molar-refractivity contribution < 1.29 is 22.8 Å². The van der Waals surface area contributed by atoms with Crippen molar-refractivity contribution in [2.75, 3.05) is 13.1 Å². The number of aryl methyl sites for hydroxylation is 2. The monoisotopic (exact) mass is 427 g/mol. The second-order valence-corrected chi connectivity index (χ2v) is 7.77. The molecule has 0 bridgehead atoms. The Morgan fingerprint density at radius 1 is 0.903 bits per heavy atom. The van der Waals surface area contributed by atoms with Gasteiger partial charge in [0.1, 0.15) is 23.0 Å². The van der Waals surface area contributed by atoms with Crippen LogP contribution in [0.3, 0.4) is 0 Å². The standard InChI is InChI=1S/C23H20F3N3O2/c1-12-13(2)28-21-18(10-16(25)11-20(21)27-12)23(31)29-7-5-14(6-8-29)22(30)17-9-15(24)3-4-19(17)26/h3-4,9-11,14H,5-8H2,1-2H3. The van der Waals surface area contributed by atoms with E-state index in [1.54, 1.807) is 13.8 Å². The number of halogens is 3. The smallest absolute Gasteiger partial charge is 0.256 e. The van der Waals surface area contributed by atoms with Gasteiger partial charge in [0.2, 0.25) is 0 Å². The molecule has 1 aliphatic rings. The summed E-state index contributed by atoms with van der Waals surface area (Å²) in [4.78, 5) is 36.0. The fourth-order valence-corrected chi connectivity index (χ4v) is 3.88. The largest absolute Gasteiger partial charge is 0.339 e. The van der Waals surface area contributed by atoms with E-state index in [0.29, 0.717) is 35.3 Å². The Balaban J connectivity index is 1.54. The molecule has 0 spiro atoms. The summed E-state index contributed by atoms with van der Waals surface area (Å²) in [6.07, 6.45) is 0.606. The molecule has 0 N–H and O–H groups in total. The number of hydrogen-bond acceptors (Lipinski definition) is 4. The maximum Gasteiger partial charge on any atom is 0.256 e. The zero-order chi connectivity index (χ0) is 22.3. The van der Waals surface area contributed by atoms with Crippen LogP contribution in [0.15, 0.2) is 30.3 Å². The van der Waals surface area contributed by atoms with E-state index in [1.807, 2.05) is 0 Å². The fourth-order valence-electron chi connectivity index (χ4n) is 3.88. The number of likely N-dealkylation sites (tertiary alicyclic amines) is 1. The normalized spacial score (nSPS) is 14.8. The predicted molar refractivity (Wildman–Crippen MR) is 108 cm³/mol. The van der Waals surface area contributed by atoms with E-state index in [-0.39, 0.29) is 24.2 Å². The number of nitrogens with zero attached hydrogens (tertiary/aromatic N) is 3. The van der Waals surface area contributed by atoms with Crippen molar-refractivity contribution in [2.45, 2.75) is 26.7 Å². The lowest BCUT2D eigenvalue weighted by atomic mass is 9.88. The van der Waals surface area contributed by atoms with Crippen molar-refractivity contribution in [2.24, 2.45) is 5.92 Å². The Hall–Kier alpha value is -3.29. The van der Waals surface area contributed by atoms with Crippen molar-refractivity contribution in [1.29, 1.82) is 0 Å². The first-order valence-electron chi connectivity index (χ1n) is 9.97. The topological polar surface area (TPSA) is 63.2 Å². The highest BCUT2D eigenvalue weighted by Gasteiger charge is 2.31. The predicted octanol–water partition coefficient (Wildman–Crippen LogP) is 4.40. The van der Waals surface area contributed by atoms with Gasteiger partial charge in [-0.25, -0.2) is 23.1 Å². The second kappa shape index (κ2) is 8.09. The lowest BCUT2D eigenvalue weighted by Crippen LogP contribution is -2.40. The number of aromatic nitrogens is 2. The summed E-state index contributed by atoms with van der Waals surface area (Å²) in [6, 6.07) is 5.18. The summed E-state index contributed by atoms with van der Waals surface area (Å²) in [5.74, 6) is -3.42. The Kier molecular flexibility index (Phi) is 5.47. The number of rotatable bonds is 3. The molecule has 1 aromatic heterocycles. The highest BCUT2D eigenvalue weighted by Crippen LogP contribution is 2.26. The minimum absolute atomic E-state index is 0.117. The van der Waals surface area contributed by atoms with Crippen molar-refractivity contribution >= 4 is 22.7 Å². The molecule has 2 aromatic carbocycles. The van der Waals surface area contributed by atoms with Gasteiger partial charge in [0, 0.05) is 25.1 Å². The van der Waals surface area contributed by atoms with Crippen molar-refractivity contribution in [3.63, 3.8) is 0 Å². The zero-order valence-corrected chi connectivity index (χ0v) is 17.1. The number of carbonyl (C=O) groups is 2. The molecule has 160 valence electrons. The van der Waals surface area contributed by atoms with Crippen LogP contribution in [0.1, 0.15) is 44.9 Å². The van der Waals surface area contributed by atoms with E-state index in [9.17, 15) is 22.8 Å². The molecule has 0 saturated carbocycles. The Morgan fingerprint density at radius 3 is 2.26 bits per heavy atom. The van der Waals surface area contributed by atoms with Gasteiger partial charge >= 0.3 is 0 Å². The summed E-state index contributed by atoms with van der Waals surface area (Å²) in [5, 5.41) is 0.